The summed E-state index contributed by atoms with van der Waals surface area (Å²) in [4.78, 5) is 11.4. The first-order valence-electron chi connectivity index (χ1n) is 7.02. The predicted molar refractivity (Wildman–Crippen MR) is 67.9 cm³/mol. The van der Waals surface area contributed by atoms with Gasteiger partial charge in [0.1, 0.15) is 5.60 Å². The molecule has 0 saturated heterocycles. The van der Waals surface area contributed by atoms with Crippen LogP contribution in [0.2, 0.25) is 0 Å². The van der Waals surface area contributed by atoms with Crippen molar-refractivity contribution in [3.8, 4) is 0 Å². The number of alkyl halides is 2. The fraction of sp³-hybridized carbons (Fsp3) is 0.929. The lowest BCUT2D eigenvalue weighted by Crippen LogP contribution is -2.53. The third-order valence-electron chi connectivity index (χ3n) is 4.15. The first-order valence-corrected chi connectivity index (χ1v) is 7.02. The average molecular weight is 278 g/mol. The summed E-state index contributed by atoms with van der Waals surface area (Å²) in [7, 11) is 0. The molecule has 0 spiro atoms. The van der Waals surface area contributed by atoms with E-state index in [9.17, 15) is 18.7 Å². The van der Waals surface area contributed by atoms with Crippen molar-refractivity contribution in [1.82, 2.24) is 0 Å². The lowest BCUT2D eigenvalue weighted by atomic mass is 9.85. The van der Waals surface area contributed by atoms with Gasteiger partial charge in [0.05, 0.1) is 6.61 Å². The van der Waals surface area contributed by atoms with Crippen LogP contribution in [-0.4, -0.2) is 29.2 Å². The van der Waals surface area contributed by atoms with Crippen molar-refractivity contribution in [2.24, 2.45) is 11.8 Å². The molecule has 1 saturated carbocycles. The van der Waals surface area contributed by atoms with Gasteiger partial charge in [0.15, 0.2) is 0 Å². The Morgan fingerprint density at radius 2 is 2.05 bits per heavy atom. The Bertz CT molecular complexity index is 318. The van der Waals surface area contributed by atoms with Crippen LogP contribution in [0.15, 0.2) is 0 Å². The van der Waals surface area contributed by atoms with Gasteiger partial charge in [-0.3, -0.25) is 0 Å². The van der Waals surface area contributed by atoms with Crippen LogP contribution >= 0.6 is 0 Å². The SMILES string of the molecule is CCOC(=O)C(F)(F)C1(O)CCCC(C(C)C)CC1. The van der Waals surface area contributed by atoms with E-state index >= 15 is 0 Å². The largest absolute Gasteiger partial charge is 0.461 e. The Morgan fingerprint density at radius 1 is 1.42 bits per heavy atom. The van der Waals surface area contributed by atoms with E-state index < -0.39 is 17.5 Å². The van der Waals surface area contributed by atoms with Gasteiger partial charge in [0, 0.05) is 0 Å². The van der Waals surface area contributed by atoms with Crippen LogP contribution in [0.1, 0.15) is 52.9 Å². The molecule has 2 atom stereocenters. The second-order valence-electron chi connectivity index (χ2n) is 5.76. The van der Waals surface area contributed by atoms with Crippen LogP contribution in [0.4, 0.5) is 8.78 Å². The molecule has 5 heteroatoms. The molecule has 0 heterocycles. The standard InChI is InChI=1S/C14H24F2O3/c1-4-19-12(17)14(15,16)13(18)8-5-6-11(7-9-13)10(2)3/h10-11,18H,4-9H2,1-3H3. The summed E-state index contributed by atoms with van der Waals surface area (Å²) in [5.74, 6) is -4.71. The molecule has 0 aromatic rings. The molecule has 0 aliphatic heterocycles. The van der Waals surface area contributed by atoms with Crippen molar-refractivity contribution < 1.29 is 23.4 Å². The predicted octanol–water partition coefficient (Wildman–Crippen LogP) is 3.15. The molecule has 0 bridgehead atoms. The van der Waals surface area contributed by atoms with Crippen LogP contribution in [0.3, 0.4) is 0 Å². The van der Waals surface area contributed by atoms with Crippen molar-refractivity contribution >= 4 is 5.97 Å². The molecule has 3 nitrogen and oxygen atoms in total. The van der Waals surface area contributed by atoms with Crippen LogP contribution in [0.5, 0.6) is 0 Å². The number of hydrogen-bond donors (Lipinski definition) is 1. The van der Waals surface area contributed by atoms with E-state index in [1.807, 2.05) is 0 Å². The number of esters is 1. The van der Waals surface area contributed by atoms with Gasteiger partial charge in [0.25, 0.3) is 0 Å². The van der Waals surface area contributed by atoms with E-state index in [-0.39, 0.29) is 19.4 Å². The molecule has 2 unspecified atom stereocenters. The number of hydrogen-bond acceptors (Lipinski definition) is 3. The van der Waals surface area contributed by atoms with E-state index in [0.29, 0.717) is 24.7 Å². The molecule has 0 aromatic heterocycles. The zero-order valence-electron chi connectivity index (χ0n) is 11.9. The fourth-order valence-corrected chi connectivity index (χ4v) is 2.74. The topological polar surface area (TPSA) is 46.5 Å². The van der Waals surface area contributed by atoms with Gasteiger partial charge in [-0.1, -0.05) is 26.7 Å². The Balaban J connectivity index is 2.82. The zero-order valence-corrected chi connectivity index (χ0v) is 11.9. The smallest absolute Gasteiger partial charge is 0.380 e. The van der Waals surface area contributed by atoms with E-state index in [1.54, 1.807) is 0 Å². The van der Waals surface area contributed by atoms with E-state index in [2.05, 4.69) is 18.6 Å². The summed E-state index contributed by atoms with van der Waals surface area (Å²) in [5.41, 5.74) is -2.26. The molecular formula is C14H24F2O3. The van der Waals surface area contributed by atoms with Gasteiger partial charge in [-0.15, -0.1) is 0 Å². The number of aliphatic hydroxyl groups is 1. The van der Waals surface area contributed by atoms with Crippen LogP contribution < -0.4 is 0 Å². The summed E-state index contributed by atoms with van der Waals surface area (Å²) < 4.78 is 32.5. The maximum atomic E-state index is 14.1. The number of carbonyl (C=O) groups excluding carboxylic acids is 1. The maximum absolute atomic E-state index is 14.1. The second kappa shape index (κ2) is 6.16. The van der Waals surface area contributed by atoms with Gasteiger partial charge in [-0.25, -0.2) is 4.79 Å². The number of rotatable bonds is 4. The zero-order chi connectivity index (χ0) is 14.7. The number of halogens is 2. The van der Waals surface area contributed by atoms with E-state index in [4.69, 9.17) is 0 Å². The molecule has 0 aromatic carbocycles. The summed E-state index contributed by atoms with van der Waals surface area (Å²) in [6.07, 6.45) is 1.74. The normalized spacial score (nSPS) is 29.1. The van der Waals surface area contributed by atoms with Crippen molar-refractivity contribution in [3.63, 3.8) is 0 Å². The Morgan fingerprint density at radius 3 is 2.58 bits per heavy atom. The second-order valence-corrected chi connectivity index (χ2v) is 5.76. The number of carbonyl (C=O) groups is 1. The Kier molecular flexibility index (Phi) is 5.30. The quantitative estimate of drug-likeness (QED) is 0.634. The number of ether oxygens (including phenoxy) is 1. The third-order valence-corrected chi connectivity index (χ3v) is 4.15. The van der Waals surface area contributed by atoms with Gasteiger partial charge in [0.2, 0.25) is 0 Å². The maximum Gasteiger partial charge on any atom is 0.380 e. The summed E-state index contributed by atoms with van der Waals surface area (Å²) >= 11 is 0. The highest BCUT2D eigenvalue weighted by molar-refractivity contribution is 5.79. The van der Waals surface area contributed by atoms with Crippen LogP contribution in [0, 0.1) is 11.8 Å². The van der Waals surface area contributed by atoms with Crippen LogP contribution in [-0.2, 0) is 9.53 Å². The molecular weight excluding hydrogens is 254 g/mol. The average Bonchev–Trinajstić information content (AvgIpc) is 2.52. The molecule has 1 rings (SSSR count). The minimum absolute atomic E-state index is 0.0535. The highest BCUT2D eigenvalue weighted by Gasteiger charge is 2.59. The minimum atomic E-state index is -3.82. The van der Waals surface area contributed by atoms with Crippen molar-refractivity contribution in [2.45, 2.75) is 64.4 Å². The first kappa shape index (κ1) is 16.3. The molecule has 112 valence electrons. The first-order chi connectivity index (χ1) is 8.74. The molecule has 0 radical (unpaired) electrons. The molecule has 19 heavy (non-hydrogen) atoms. The minimum Gasteiger partial charge on any atom is -0.461 e. The Hall–Kier alpha value is -0.710. The molecule has 0 amide bonds. The third kappa shape index (κ3) is 3.44. The lowest BCUT2D eigenvalue weighted by molar-refractivity contribution is -0.216. The van der Waals surface area contributed by atoms with Gasteiger partial charge < -0.3 is 9.84 Å². The van der Waals surface area contributed by atoms with Crippen LogP contribution in [0.25, 0.3) is 0 Å². The highest BCUT2D eigenvalue weighted by Crippen LogP contribution is 2.43. The van der Waals surface area contributed by atoms with E-state index in [1.165, 1.54) is 6.92 Å². The van der Waals surface area contributed by atoms with Crippen molar-refractivity contribution in [1.29, 1.82) is 0 Å². The molecule has 1 aliphatic rings. The monoisotopic (exact) mass is 278 g/mol. The highest BCUT2D eigenvalue weighted by atomic mass is 19.3. The molecule has 1 aliphatic carbocycles. The van der Waals surface area contributed by atoms with Gasteiger partial charge in [-0.05, 0) is 38.0 Å². The molecule has 1 fully saturated rings. The summed E-state index contributed by atoms with van der Waals surface area (Å²) in [6.45, 7) is 5.47. The summed E-state index contributed by atoms with van der Waals surface area (Å²) in [5, 5.41) is 10.2. The molecule has 1 N–H and O–H groups in total. The van der Waals surface area contributed by atoms with Gasteiger partial charge in [-0.2, -0.15) is 8.78 Å². The van der Waals surface area contributed by atoms with Crippen molar-refractivity contribution in [2.75, 3.05) is 6.61 Å². The van der Waals surface area contributed by atoms with Crippen molar-refractivity contribution in [3.05, 3.63) is 0 Å². The van der Waals surface area contributed by atoms with Gasteiger partial charge >= 0.3 is 11.9 Å². The Labute approximate surface area is 113 Å². The van der Waals surface area contributed by atoms with E-state index in [0.717, 1.165) is 6.42 Å². The fourth-order valence-electron chi connectivity index (χ4n) is 2.74. The summed E-state index contributed by atoms with van der Waals surface area (Å²) in [6, 6.07) is 0. The lowest BCUT2D eigenvalue weighted by Gasteiger charge is -2.33.